The number of fused-ring (bicyclic) bond motifs is 7. The number of para-hydroxylation sites is 1. The molecule has 3 nitrogen and oxygen atoms in total. The molecule has 1 aromatic heterocycles. The van der Waals surface area contributed by atoms with Gasteiger partial charge in [0.25, 0.3) is 0 Å². The van der Waals surface area contributed by atoms with Crippen molar-refractivity contribution in [2.75, 3.05) is 0 Å². The van der Waals surface area contributed by atoms with Gasteiger partial charge in [-0.1, -0.05) is 140 Å². The Bertz CT molecular complexity index is 2310. The number of nitrogens with zero attached hydrogens (tertiary/aromatic N) is 1. The predicted octanol–water partition coefficient (Wildman–Crippen LogP) is 9.72. The first-order chi connectivity index (χ1) is 23.3. The zero-order valence-corrected chi connectivity index (χ0v) is 27.7. The van der Waals surface area contributed by atoms with E-state index in [1.165, 1.54) is 44.2 Å². The SMILES string of the molecule is CC1(C)OB(c2cccc(-c3nc4ccccc4c4ccc5c(c34)-c3ccccc3C5(c3ccccc3)c3ccccc3)c2)OC1(C)C. The van der Waals surface area contributed by atoms with Gasteiger partial charge in [0, 0.05) is 16.3 Å². The highest BCUT2D eigenvalue weighted by Crippen LogP contribution is 2.58. The van der Waals surface area contributed by atoms with E-state index in [4.69, 9.17) is 14.3 Å². The lowest BCUT2D eigenvalue weighted by Crippen LogP contribution is -2.41. The lowest BCUT2D eigenvalue weighted by molar-refractivity contribution is 0.00578. The smallest absolute Gasteiger partial charge is 0.399 e. The molecule has 1 aliphatic heterocycles. The second-order valence-electron chi connectivity index (χ2n) is 14.1. The Kier molecular flexibility index (Phi) is 6.37. The molecule has 4 heteroatoms. The predicted molar refractivity (Wildman–Crippen MR) is 198 cm³/mol. The lowest BCUT2D eigenvalue weighted by Gasteiger charge is -2.34. The van der Waals surface area contributed by atoms with E-state index in [0.717, 1.165) is 27.6 Å². The van der Waals surface area contributed by atoms with E-state index in [1.807, 2.05) is 0 Å². The molecule has 2 aliphatic rings. The van der Waals surface area contributed by atoms with Crippen LogP contribution in [0.3, 0.4) is 0 Å². The molecule has 0 saturated carbocycles. The second kappa shape index (κ2) is 10.5. The molecule has 7 aromatic rings. The summed E-state index contributed by atoms with van der Waals surface area (Å²) in [4.78, 5) is 5.46. The summed E-state index contributed by atoms with van der Waals surface area (Å²) in [7, 11) is -0.461. The Morgan fingerprint density at radius 2 is 1.17 bits per heavy atom. The van der Waals surface area contributed by atoms with Crippen molar-refractivity contribution in [1.29, 1.82) is 0 Å². The fourth-order valence-corrected chi connectivity index (χ4v) is 8.00. The molecule has 9 rings (SSSR count). The third kappa shape index (κ3) is 4.06. The molecule has 1 fully saturated rings. The van der Waals surface area contributed by atoms with Crippen molar-refractivity contribution in [3.63, 3.8) is 0 Å². The van der Waals surface area contributed by atoms with Gasteiger partial charge in [-0.2, -0.15) is 0 Å². The summed E-state index contributed by atoms with van der Waals surface area (Å²) in [6.07, 6.45) is 0. The third-order valence-electron chi connectivity index (χ3n) is 11.0. The number of rotatable bonds is 4. The molecule has 0 spiro atoms. The van der Waals surface area contributed by atoms with E-state index in [1.54, 1.807) is 0 Å². The number of benzene rings is 6. The van der Waals surface area contributed by atoms with Crippen molar-refractivity contribution >= 4 is 34.3 Å². The van der Waals surface area contributed by atoms with Crippen molar-refractivity contribution in [1.82, 2.24) is 4.98 Å². The summed E-state index contributed by atoms with van der Waals surface area (Å²) in [5, 5.41) is 3.51. The van der Waals surface area contributed by atoms with Gasteiger partial charge in [0.1, 0.15) is 0 Å². The normalized spacial score (nSPS) is 17.0. The van der Waals surface area contributed by atoms with Crippen LogP contribution in [0.1, 0.15) is 49.9 Å². The topological polar surface area (TPSA) is 31.4 Å². The zero-order chi connectivity index (χ0) is 32.7. The average molecular weight is 622 g/mol. The Morgan fingerprint density at radius 1 is 0.542 bits per heavy atom. The van der Waals surface area contributed by atoms with E-state index >= 15 is 0 Å². The highest BCUT2D eigenvalue weighted by molar-refractivity contribution is 6.62. The Balaban J connectivity index is 1.39. The van der Waals surface area contributed by atoms with Gasteiger partial charge in [-0.15, -0.1) is 0 Å². The second-order valence-corrected chi connectivity index (χ2v) is 14.1. The quantitative estimate of drug-likeness (QED) is 0.145. The third-order valence-corrected chi connectivity index (χ3v) is 11.0. The van der Waals surface area contributed by atoms with Crippen molar-refractivity contribution in [2.24, 2.45) is 0 Å². The first-order valence-corrected chi connectivity index (χ1v) is 16.8. The fraction of sp³-hybridized carbons (Fsp3) is 0.159. The molecule has 0 unspecified atom stereocenters. The standard InChI is InChI=1S/C44H36BNO2/c1-42(2)43(3,4)48-45(47-42)32-21-15-16-29(28-32)41-40-34(33-22-12-14-25-38(33)46-41)26-27-37-39(40)35-23-11-13-24-36(35)44(37,30-17-7-5-8-18-30)31-19-9-6-10-20-31/h5-28H,1-4H3. The molecular formula is C44H36BNO2. The van der Waals surface area contributed by atoms with Crippen LogP contribution in [0.4, 0.5) is 0 Å². The van der Waals surface area contributed by atoms with Gasteiger partial charge in [-0.3, -0.25) is 0 Å². The molecule has 0 atom stereocenters. The summed E-state index contributed by atoms with van der Waals surface area (Å²) in [6.45, 7) is 8.40. The van der Waals surface area contributed by atoms with Gasteiger partial charge >= 0.3 is 7.12 Å². The zero-order valence-electron chi connectivity index (χ0n) is 27.7. The van der Waals surface area contributed by atoms with E-state index in [-0.39, 0.29) is 0 Å². The molecule has 2 heterocycles. The van der Waals surface area contributed by atoms with Crippen molar-refractivity contribution in [2.45, 2.75) is 44.3 Å². The monoisotopic (exact) mass is 621 g/mol. The molecule has 232 valence electrons. The van der Waals surface area contributed by atoms with Crippen LogP contribution in [0.2, 0.25) is 0 Å². The van der Waals surface area contributed by atoms with E-state index in [9.17, 15) is 0 Å². The fourth-order valence-electron chi connectivity index (χ4n) is 8.00. The van der Waals surface area contributed by atoms with E-state index in [0.29, 0.717) is 0 Å². The minimum absolute atomic E-state index is 0.426. The van der Waals surface area contributed by atoms with Gasteiger partial charge in [-0.25, -0.2) is 4.98 Å². The van der Waals surface area contributed by atoms with Crippen LogP contribution in [0.25, 0.3) is 44.1 Å². The van der Waals surface area contributed by atoms with Crippen LogP contribution in [-0.2, 0) is 14.7 Å². The number of aromatic nitrogens is 1. The van der Waals surface area contributed by atoms with Gasteiger partial charge in [0.15, 0.2) is 0 Å². The maximum atomic E-state index is 6.50. The van der Waals surface area contributed by atoms with Gasteiger partial charge in [0.2, 0.25) is 0 Å². The molecule has 48 heavy (non-hydrogen) atoms. The van der Waals surface area contributed by atoms with Crippen LogP contribution >= 0.6 is 0 Å². The maximum absolute atomic E-state index is 6.50. The molecule has 0 amide bonds. The lowest BCUT2D eigenvalue weighted by atomic mass is 9.67. The van der Waals surface area contributed by atoms with E-state index < -0.39 is 23.7 Å². The van der Waals surface area contributed by atoms with Crippen molar-refractivity contribution in [3.05, 3.63) is 168 Å². The number of pyridine rings is 1. The highest BCUT2D eigenvalue weighted by Gasteiger charge is 2.52. The summed E-state index contributed by atoms with van der Waals surface area (Å²) in [6, 6.07) is 52.7. The van der Waals surface area contributed by atoms with Gasteiger partial charge in [-0.05, 0) is 78.0 Å². The van der Waals surface area contributed by atoms with E-state index in [2.05, 4.69) is 173 Å². The molecular weight excluding hydrogens is 585 g/mol. The summed E-state index contributed by atoms with van der Waals surface area (Å²) < 4.78 is 13.0. The molecule has 1 saturated heterocycles. The first-order valence-electron chi connectivity index (χ1n) is 16.8. The Hall–Kier alpha value is -5.03. The molecule has 1 aliphatic carbocycles. The first kappa shape index (κ1) is 29.1. The summed E-state index contributed by atoms with van der Waals surface area (Å²) >= 11 is 0. The molecule has 6 aromatic carbocycles. The maximum Gasteiger partial charge on any atom is 0.494 e. The van der Waals surface area contributed by atoms with Crippen LogP contribution in [0.5, 0.6) is 0 Å². The highest BCUT2D eigenvalue weighted by atomic mass is 16.7. The van der Waals surface area contributed by atoms with Gasteiger partial charge < -0.3 is 9.31 Å². The van der Waals surface area contributed by atoms with Crippen LogP contribution in [-0.4, -0.2) is 23.3 Å². The molecule has 0 radical (unpaired) electrons. The summed E-state index contributed by atoms with van der Waals surface area (Å²) in [5.74, 6) is 0. The summed E-state index contributed by atoms with van der Waals surface area (Å²) in [5.41, 5.74) is 10.2. The van der Waals surface area contributed by atoms with Crippen molar-refractivity contribution in [3.8, 4) is 22.4 Å². The van der Waals surface area contributed by atoms with Crippen molar-refractivity contribution < 1.29 is 9.31 Å². The minimum atomic E-state index is -0.490. The van der Waals surface area contributed by atoms with Crippen LogP contribution in [0.15, 0.2) is 146 Å². The molecule has 0 N–H and O–H groups in total. The number of hydrogen-bond donors (Lipinski definition) is 0. The van der Waals surface area contributed by atoms with Crippen LogP contribution in [0, 0.1) is 0 Å². The van der Waals surface area contributed by atoms with Crippen LogP contribution < -0.4 is 5.46 Å². The molecule has 0 bridgehead atoms. The van der Waals surface area contributed by atoms with Gasteiger partial charge in [0.05, 0.1) is 27.8 Å². The Morgan fingerprint density at radius 3 is 1.88 bits per heavy atom. The Labute approximate surface area is 282 Å². The minimum Gasteiger partial charge on any atom is -0.399 e. The largest absolute Gasteiger partial charge is 0.494 e. The average Bonchev–Trinajstić information content (AvgIpc) is 3.55. The number of hydrogen-bond acceptors (Lipinski definition) is 3.